The van der Waals surface area contributed by atoms with Gasteiger partial charge in [-0.05, 0) is 29.8 Å². The van der Waals surface area contributed by atoms with Crippen LogP contribution in [0, 0.1) is 0 Å². The molecule has 26 heavy (non-hydrogen) atoms. The Morgan fingerprint density at radius 1 is 1.08 bits per heavy atom. The fraction of sp³-hybridized carbons (Fsp3) is 0.158. The third kappa shape index (κ3) is 2.28. The van der Waals surface area contributed by atoms with Crippen molar-refractivity contribution in [2.24, 2.45) is 7.05 Å². The lowest BCUT2D eigenvalue weighted by Crippen LogP contribution is -2.04. The second-order valence-electron chi connectivity index (χ2n) is 6.51. The maximum absolute atomic E-state index is 4.80. The number of benzene rings is 1. The number of fused-ring (bicyclic) bond motifs is 2. The molecule has 0 saturated carbocycles. The van der Waals surface area contributed by atoms with Crippen LogP contribution in [0.15, 0.2) is 55.1 Å². The fourth-order valence-corrected chi connectivity index (χ4v) is 3.30. The Morgan fingerprint density at radius 3 is 2.85 bits per heavy atom. The third-order valence-corrected chi connectivity index (χ3v) is 4.80. The molecule has 7 nitrogen and oxygen atoms in total. The van der Waals surface area contributed by atoms with E-state index in [1.807, 2.05) is 48.5 Å². The number of aryl methyl sites for hydroxylation is 1. The van der Waals surface area contributed by atoms with Gasteiger partial charge in [0.25, 0.3) is 0 Å². The molecule has 0 spiro atoms. The van der Waals surface area contributed by atoms with Crippen molar-refractivity contribution in [3.8, 4) is 11.3 Å². The monoisotopic (exact) mass is 343 g/mol. The summed E-state index contributed by atoms with van der Waals surface area (Å²) in [4.78, 5) is 4.52. The molecule has 7 heteroatoms. The Labute approximate surface area is 149 Å². The third-order valence-electron chi connectivity index (χ3n) is 4.80. The molecule has 1 atom stereocenters. The molecule has 1 aromatic carbocycles. The maximum atomic E-state index is 4.80. The first kappa shape index (κ1) is 14.8. The van der Waals surface area contributed by atoms with E-state index in [2.05, 4.69) is 45.4 Å². The van der Waals surface area contributed by atoms with Gasteiger partial charge in [0, 0.05) is 30.1 Å². The molecule has 4 heterocycles. The van der Waals surface area contributed by atoms with Crippen molar-refractivity contribution in [3.05, 3.63) is 66.4 Å². The van der Waals surface area contributed by atoms with Crippen LogP contribution in [0.1, 0.15) is 24.1 Å². The van der Waals surface area contributed by atoms with E-state index >= 15 is 0 Å². The first-order valence-electron chi connectivity index (χ1n) is 8.46. The molecule has 0 radical (unpaired) electrons. The summed E-state index contributed by atoms with van der Waals surface area (Å²) in [5, 5.41) is 17.2. The van der Waals surface area contributed by atoms with Gasteiger partial charge in [0.2, 0.25) is 0 Å². The number of rotatable bonds is 3. The predicted octanol–water partition coefficient (Wildman–Crippen LogP) is 3.16. The maximum Gasteiger partial charge on any atom is 0.153 e. The predicted molar refractivity (Wildman–Crippen MR) is 98.8 cm³/mol. The van der Waals surface area contributed by atoms with Crippen LogP contribution >= 0.6 is 0 Å². The van der Waals surface area contributed by atoms with Gasteiger partial charge in [-0.1, -0.05) is 13.0 Å². The first-order valence-corrected chi connectivity index (χ1v) is 8.46. The number of aromatic nitrogens is 7. The normalized spacial score (nSPS) is 12.8. The summed E-state index contributed by atoms with van der Waals surface area (Å²) in [7, 11) is 1.90. The van der Waals surface area contributed by atoms with Crippen LogP contribution in [0.25, 0.3) is 27.8 Å². The van der Waals surface area contributed by atoms with Gasteiger partial charge in [0.05, 0.1) is 35.5 Å². The Balaban J connectivity index is 1.61. The average molecular weight is 343 g/mol. The number of nitrogens with zero attached hydrogens (tertiary/aromatic N) is 6. The van der Waals surface area contributed by atoms with E-state index in [-0.39, 0.29) is 5.92 Å². The molecule has 128 valence electrons. The van der Waals surface area contributed by atoms with Gasteiger partial charge in [0.15, 0.2) is 5.65 Å². The van der Waals surface area contributed by atoms with Gasteiger partial charge in [-0.25, -0.2) is 9.50 Å². The Morgan fingerprint density at radius 2 is 2.00 bits per heavy atom. The zero-order valence-electron chi connectivity index (χ0n) is 14.5. The summed E-state index contributed by atoms with van der Waals surface area (Å²) < 4.78 is 3.70. The molecule has 0 aliphatic rings. The van der Waals surface area contributed by atoms with E-state index in [9.17, 15) is 0 Å². The Bertz CT molecular complexity index is 1230. The summed E-state index contributed by atoms with van der Waals surface area (Å²) in [6.45, 7) is 2.17. The molecule has 5 rings (SSSR count). The van der Waals surface area contributed by atoms with Crippen molar-refractivity contribution in [2.75, 3.05) is 0 Å². The number of H-pyrrole nitrogens is 1. The number of hydrogen-bond acceptors (Lipinski definition) is 4. The fourth-order valence-electron chi connectivity index (χ4n) is 3.30. The summed E-state index contributed by atoms with van der Waals surface area (Å²) in [6.07, 6.45) is 7.53. The molecular formula is C19H17N7. The molecule has 0 saturated heterocycles. The van der Waals surface area contributed by atoms with Gasteiger partial charge in [-0.15, -0.1) is 0 Å². The van der Waals surface area contributed by atoms with E-state index in [1.54, 1.807) is 4.68 Å². The SMILES string of the molecule is C[C@@H](c1ccc2[nH]ncc2c1)c1cnc2ccc(-c3cnn(C)c3)nn12. The number of aromatic amines is 1. The van der Waals surface area contributed by atoms with Crippen LogP contribution in [-0.2, 0) is 7.05 Å². The number of nitrogens with one attached hydrogen (secondary N) is 1. The van der Waals surface area contributed by atoms with Gasteiger partial charge >= 0.3 is 0 Å². The van der Waals surface area contributed by atoms with Crippen LogP contribution in [0.2, 0.25) is 0 Å². The van der Waals surface area contributed by atoms with Gasteiger partial charge in [0.1, 0.15) is 0 Å². The summed E-state index contributed by atoms with van der Waals surface area (Å²) in [6, 6.07) is 10.3. The topological polar surface area (TPSA) is 76.7 Å². The minimum atomic E-state index is 0.154. The van der Waals surface area contributed by atoms with Crippen molar-refractivity contribution in [1.82, 2.24) is 34.6 Å². The highest BCUT2D eigenvalue weighted by molar-refractivity contribution is 5.78. The minimum absolute atomic E-state index is 0.154. The average Bonchev–Trinajstić information content (AvgIpc) is 3.38. The minimum Gasteiger partial charge on any atom is -0.278 e. The highest BCUT2D eigenvalue weighted by atomic mass is 15.3. The smallest absolute Gasteiger partial charge is 0.153 e. The Kier molecular flexibility index (Phi) is 3.15. The first-order chi connectivity index (χ1) is 12.7. The summed E-state index contributed by atoms with van der Waals surface area (Å²) in [5.74, 6) is 0.154. The van der Waals surface area contributed by atoms with Crippen LogP contribution in [0.4, 0.5) is 0 Å². The van der Waals surface area contributed by atoms with E-state index < -0.39 is 0 Å². The van der Waals surface area contributed by atoms with Crippen molar-refractivity contribution in [3.63, 3.8) is 0 Å². The van der Waals surface area contributed by atoms with Crippen molar-refractivity contribution < 1.29 is 0 Å². The molecule has 0 amide bonds. The highest BCUT2D eigenvalue weighted by Crippen LogP contribution is 2.27. The van der Waals surface area contributed by atoms with Crippen LogP contribution in [-0.4, -0.2) is 34.6 Å². The van der Waals surface area contributed by atoms with E-state index in [0.717, 1.165) is 33.5 Å². The van der Waals surface area contributed by atoms with Gasteiger partial charge in [-0.3, -0.25) is 9.78 Å². The van der Waals surface area contributed by atoms with E-state index in [0.29, 0.717) is 0 Å². The second-order valence-corrected chi connectivity index (χ2v) is 6.51. The molecule has 0 unspecified atom stereocenters. The zero-order chi connectivity index (χ0) is 17.7. The van der Waals surface area contributed by atoms with Crippen LogP contribution in [0.3, 0.4) is 0 Å². The molecule has 0 aliphatic carbocycles. The van der Waals surface area contributed by atoms with E-state index in [1.165, 1.54) is 5.56 Å². The van der Waals surface area contributed by atoms with Crippen molar-refractivity contribution in [1.29, 1.82) is 0 Å². The quantitative estimate of drug-likeness (QED) is 0.546. The molecule has 4 aromatic heterocycles. The largest absolute Gasteiger partial charge is 0.278 e. The highest BCUT2D eigenvalue weighted by Gasteiger charge is 2.16. The van der Waals surface area contributed by atoms with Gasteiger partial charge in [-0.2, -0.15) is 15.3 Å². The Hall–Kier alpha value is -3.48. The molecule has 1 N–H and O–H groups in total. The lowest BCUT2D eigenvalue weighted by atomic mass is 9.97. The summed E-state index contributed by atoms with van der Waals surface area (Å²) >= 11 is 0. The lowest BCUT2D eigenvalue weighted by molar-refractivity contribution is 0.767. The lowest BCUT2D eigenvalue weighted by Gasteiger charge is -2.12. The second kappa shape index (κ2) is 5.52. The standard InChI is InChI=1S/C19H17N7/c1-12(13-3-4-16-14(7-13)8-21-23-16)18-10-20-19-6-5-17(24-26(18)19)15-9-22-25(2)11-15/h3-12H,1-2H3,(H,21,23)/t12-/m0/s1. The van der Waals surface area contributed by atoms with Crippen molar-refractivity contribution in [2.45, 2.75) is 12.8 Å². The van der Waals surface area contributed by atoms with E-state index in [4.69, 9.17) is 5.10 Å². The summed E-state index contributed by atoms with van der Waals surface area (Å²) in [5.41, 5.74) is 5.99. The number of hydrogen-bond donors (Lipinski definition) is 1. The molecule has 0 fully saturated rings. The zero-order valence-corrected chi connectivity index (χ0v) is 14.5. The van der Waals surface area contributed by atoms with Gasteiger partial charge < -0.3 is 0 Å². The molecule has 0 aliphatic heterocycles. The van der Waals surface area contributed by atoms with Crippen LogP contribution in [0.5, 0.6) is 0 Å². The van der Waals surface area contributed by atoms with Crippen LogP contribution < -0.4 is 0 Å². The molecular weight excluding hydrogens is 326 g/mol. The number of imidazole rings is 1. The van der Waals surface area contributed by atoms with Crippen molar-refractivity contribution >= 4 is 16.6 Å². The molecule has 0 bridgehead atoms. The molecule has 5 aromatic rings.